The molecular weight excluding hydrogens is 388 g/mol. The van der Waals surface area contributed by atoms with Crippen LogP contribution in [-0.4, -0.2) is 34.2 Å². The maximum atomic E-state index is 11.2. The molecule has 1 aromatic carbocycles. The monoisotopic (exact) mass is 414 g/mol. The average Bonchev–Trinajstić information content (AvgIpc) is 3.20. The molecule has 0 fully saturated rings. The predicted octanol–water partition coefficient (Wildman–Crippen LogP) is 4.24. The highest BCUT2D eigenvalue weighted by Gasteiger charge is 2.10. The molecule has 0 aliphatic heterocycles. The number of guanidine groups is 1. The second-order valence-corrected chi connectivity index (χ2v) is 7.24. The molecule has 2 aromatic rings. The van der Waals surface area contributed by atoms with Gasteiger partial charge in [0.15, 0.2) is 0 Å². The molecule has 2 N–H and O–H groups in total. The Bertz CT molecular complexity index is 908. The van der Waals surface area contributed by atoms with Crippen molar-refractivity contribution in [3.05, 3.63) is 53.4 Å². The maximum absolute atomic E-state index is 11.2. The van der Waals surface area contributed by atoms with Crippen molar-refractivity contribution < 1.29 is 4.79 Å². The fourth-order valence-electron chi connectivity index (χ4n) is 2.50. The third-order valence-corrected chi connectivity index (χ3v) is 4.31. The zero-order chi connectivity index (χ0) is 21.4. The molecule has 0 aliphatic rings. The summed E-state index contributed by atoms with van der Waals surface area (Å²) < 4.78 is 1.89. The van der Waals surface area contributed by atoms with Crippen molar-refractivity contribution in [3.8, 4) is 0 Å². The van der Waals surface area contributed by atoms with E-state index in [0.717, 1.165) is 28.1 Å². The molecule has 29 heavy (non-hydrogen) atoms. The lowest BCUT2D eigenvalue weighted by molar-refractivity contribution is -0.118. The first kappa shape index (κ1) is 22.4. The van der Waals surface area contributed by atoms with Gasteiger partial charge < -0.3 is 10.6 Å². The van der Waals surface area contributed by atoms with E-state index in [-0.39, 0.29) is 17.8 Å². The highest BCUT2D eigenvalue weighted by Crippen LogP contribution is 2.22. The molecule has 0 spiro atoms. The van der Waals surface area contributed by atoms with Crippen molar-refractivity contribution in [3.63, 3.8) is 0 Å². The predicted molar refractivity (Wildman–Crippen MR) is 120 cm³/mol. The molecule has 1 heterocycles. The van der Waals surface area contributed by atoms with Gasteiger partial charge >= 0.3 is 0 Å². The zero-order valence-electron chi connectivity index (χ0n) is 17.2. The minimum absolute atomic E-state index is 0.0484. The molecule has 154 valence electrons. The smallest absolute Gasteiger partial charge is 0.235 e. The van der Waals surface area contributed by atoms with Crippen LogP contribution >= 0.6 is 11.6 Å². The normalized spacial score (nSPS) is 11.3. The molecule has 0 aliphatic carbocycles. The van der Waals surface area contributed by atoms with Gasteiger partial charge in [0.25, 0.3) is 0 Å². The summed E-state index contributed by atoms with van der Waals surface area (Å²) in [5.41, 5.74) is 4.54. The number of hydrogen-bond donors (Lipinski definition) is 2. The number of amides is 1. The summed E-state index contributed by atoms with van der Waals surface area (Å²) in [4.78, 5) is 19.9. The molecule has 1 amide bonds. The molecular formula is C21H27ClN6O. The SMILES string of the molecule is C=NC(=NC(=C(C)C)c1cnn(C(C)C)c1)Nc1ccc(CNC(=O)CCl)cc1. The highest BCUT2D eigenvalue weighted by atomic mass is 35.5. The van der Waals surface area contributed by atoms with E-state index in [1.165, 1.54) is 0 Å². The average molecular weight is 415 g/mol. The van der Waals surface area contributed by atoms with Crippen molar-refractivity contribution in [2.75, 3.05) is 11.2 Å². The Morgan fingerprint density at radius 2 is 1.97 bits per heavy atom. The van der Waals surface area contributed by atoms with Gasteiger partial charge in [-0.1, -0.05) is 12.1 Å². The summed E-state index contributed by atoms with van der Waals surface area (Å²) in [5, 5.41) is 10.3. The molecule has 1 aromatic heterocycles. The lowest BCUT2D eigenvalue weighted by Gasteiger charge is -2.09. The van der Waals surface area contributed by atoms with E-state index in [9.17, 15) is 4.79 Å². The van der Waals surface area contributed by atoms with Gasteiger partial charge in [-0.2, -0.15) is 5.10 Å². The van der Waals surface area contributed by atoms with Gasteiger partial charge in [0.2, 0.25) is 11.9 Å². The van der Waals surface area contributed by atoms with E-state index >= 15 is 0 Å². The number of alkyl halides is 1. The third kappa shape index (κ3) is 6.57. The number of carbonyl (C=O) groups excluding carboxylic acids is 1. The van der Waals surface area contributed by atoms with Crippen molar-refractivity contribution in [1.82, 2.24) is 15.1 Å². The lowest BCUT2D eigenvalue weighted by atomic mass is 10.2. The van der Waals surface area contributed by atoms with E-state index in [1.807, 2.05) is 49.0 Å². The van der Waals surface area contributed by atoms with E-state index < -0.39 is 0 Å². The van der Waals surface area contributed by atoms with E-state index in [1.54, 1.807) is 6.20 Å². The number of aliphatic imine (C=N–C) groups is 2. The Morgan fingerprint density at radius 3 is 2.48 bits per heavy atom. The van der Waals surface area contributed by atoms with Crippen LogP contribution in [0.1, 0.15) is 44.9 Å². The fourth-order valence-corrected chi connectivity index (χ4v) is 2.59. The van der Waals surface area contributed by atoms with Gasteiger partial charge in [-0.3, -0.25) is 9.48 Å². The Morgan fingerprint density at radius 1 is 1.28 bits per heavy atom. The largest absolute Gasteiger partial charge is 0.351 e. The van der Waals surface area contributed by atoms with Crippen LogP contribution in [0.15, 0.2) is 52.2 Å². The molecule has 0 saturated heterocycles. The van der Waals surface area contributed by atoms with Gasteiger partial charge in [-0.05, 0) is 57.7 Å². The minimum Gasteiger partial charge on any atom is -0.351 e. The molecule has 0 unspecified atom stereocenters. The number of nitrogens with zero attached hydrogens (tertiary/aromatic N) is 4. The molecule has 0 bridgehead atoms. The first-order chi connectivity index (χ1) is 13.8. The van der Waals surface area contributed by atoms with Gasteiger partial charge in [-0.25, -0.2) is 9.98 Å². The summed E-state index contributed by atoms with van der Waals surface area (Å²) >= 11 is 5.48. The number of anilines is 1. The highest BCUT2D eigenvalue weighted by molar-refractivity contribution is 6.27. The summed E-state index contributed by atoms with van der Waals surface area (Å²) in [6, 6.07) is 7.87. The van der Waals surface area contributed by atoms with Crippen LogP contribution in [0.3, 0.4) is 0 Å². The first-order valence-electron chi connectivity index (χ1n) is 9.30. The Kier molecular flexibility index (Phi) is 8.15. The third-order valence-electron chi connectivity index (χ3n) is 4.07. The van der Waals surface area contributed by atoms with Crippen LogP contribution < -0.4 is 10.6 Å². The number of benzene rings is 1. The number of carbonyl (C=O) groups is 1. The summed E-state index contributed by atoms with van der Waals surface area (Å²) in [6.07, 6.45) is 3.78. The molecule has 0 atom stereocenters. The number of allylic oxidation sites excluding steroid dienone is 1. The molecule has 0 radical (unpaired) electrons. The number of halogens is 1. The summed E-state index contributed by atoms with van der Waals surface area (Å²) in [6.45, 7) is 12.2. The van der Waals surface area contributed by atoms with E-state index in [0.29, 0.717) is 12.5 Å². The van der Waals surface area contributed by atoms with Crippen molar-refractivity contribution in [2.24, 2.45) is 9.98 Å². The first-order valence-corrected chi connectivity index (χ1v) is 9.83. The number of aromatic nitrogens is 2. The van der Waals surface area contributed by atoms with Crippen LogP contribution in [0, 0.1) is 0 Å². The zero-order valence-corrected chi connectivity index (χ0v) is 18.0. The maximum Gasteiger partial charge on any atom is 0.235 e. The summed E-state index contributed by atoms with van der Waals surface area (Å²) in [5.74, 6) is 0.142. The standard InChI is InChI=1S/C21H27ClN6O/c1-14(2)20(17-12-25-28(13-17)15(3)4)27-21(23-5)26-18-8-6-16(7-9-18)11-24-19(29)10-22/h6-9,12-13,15H,5,10-11H2,1-4H3,(H,24,29)(H,26,27). The molecule has 7 nitrogen and oxygen atoms in total. The molecule has 8 heteroatoms. The van der Waals surface area contributed by atoms with Crippen LogP contribution in [0.2, 0.25) is 0 Å². The van der Waals surface area contributed by atoms with Gasteiger partial charge in [0.05, 0.1) is 11.9 Å². The molecule has 2 rings (SSSR count). The van der Waals surface area contributed by atoms with E-state index in [4.69, 9.17) is 11.6 Å². The summed E-state index contributed by atoms with van der Waals surface area (Å²) in [7, 11) is 0. The molecule has 0 saturated carbocycles. The Hall–Kier alpha value is -2.93. The number of hydrogen-bond acceptors (Lipinski definition) is 3. The van der Waals surface area contributed by atoms with Crippen molar-refractivity contribution in [2.45, 2.75) is 40.3 Å². The topological polar surface area (TPSA) is 83.7 Å². The van der Waals surface area contributed by atoms with Gasteiger partial charge in [0.1, 0.15) is 5.88 Å². The fraction of sp³-hybridized carbons (Fsp3) is 0.333. The number of nitrogens with one attached hydrogen (secondary N) is 2. The van der Waals surface area contributed by atoms with Crippen molar-refractivity contribution in [1.29, 1.82) is 0 Å². The Labute approximate surface area is 176 Å². The second kappa shape index (κ2) is 10.6. The van der Waals surface area contributed by atoms with Crippen LogP contribution in [0.25, 0.3) is 5.70 Å². The van der Waals surface area contributed by atoms with Gasteiger partial charge in [-0.15, -0.1) is 11.6 Å². The minimum atomic E-state index is -0.200. The van der Waals surface area contributed by atoms with Crippen LogP contribution in [0.4, 0.5) is 5.69 Å². The van der Waals surface area contributed by atoms with Crippen LogP contribution in [0.5, 0.6) is 0 Å². The van der Waals surface area contributed by atoms with Crippen molar-refractivity contribution >= 4 is 41.6 Å². The van der Waals surface area contributed by atoms with Crippen LogP contribution in [-0.2, 0) is 11.3 Å². The lowest BCUT2D eigenvalue weighted by Crippen LogP contribution is -2.23. The Balaban J connectivity index is 2.16. The second-order valence-electron chi connectivity index (χ2n) is 6.98. The van der Waals surface area contributed by atoms with Gasteiger partial charge in [0, 0.05) is 30.0 Å². The number of rotatable bonds is 7. The quantitative estimate of drug-likeness (QED) is 0.403. The van der Waals surface area contributed by atoms with E-state index in [2.05, 4.69) is 46.3 Å².